The van der Waals surface area contributed by atoms with Crippen LogP contribution in [0.5, 0.6) is 5.75 Å². The quantitative estimate of drug-likeness (QED) is 0.554. The van der Waals surface area contributed by atoms with Crippen LogP contribution in [0.2, 0.25) is 0 Å². The van der Waals surface area contributed by atoms with E-state index in [1.165, 1.54) is 6.07 Å². The zero-order valence-electron chi connectivity index (χ0n) is 8.61. The van der Waals surface area contributed by atoms with Gasteiger partial charge < -0.3 is 4.74 Å². The molecule has 0 saturated heterocycles. The second-order valence-electron chi connectivity index (χ2n) is 3.30. The van der Waals surface area contributed by atoms with Crippen LogP contribution in [0.15, 0.2) is 16.6 Å². The van der Waals surface area contributed by atoms with Crippen molar-refractivity contribution in [3.05, 3.63) is 28.2 Å². The van der Waals surface area contributed by atoms with Crippen LogP contribution in [0, 0.1) is 11.6 Å². The summed E-state index contributed by atoms with van der Waals surface area (Å²) in [5.74, 6) is -0.635. The maximum atomic E-state index is 13.3. The van der Waals surface area contributed by atoms with Gasteiger partial charge in [0, 0.05) is 11.9 Å². The minimum atomic E-state index is -0.691. The molecule has 1 rings (SSSR count). The number of ether oxygens (including phenoxy) is 1. The highest BCUT2D eigenvalue weighted by atomic mass is 79.9. The van der Waals surface area contributed by atoms with Crippen LogP contribution in [-0.4, -0.2) is 12.5 Å². The maximum absolute atomic E-state index is 13.3. The molecule has 0 bridgehead atoms. The maximum Gasteiger partial charge on any atom is 0.169 e. The Balaban J connectivity index is 2.47. The lowest BCUT2D eigenvalue weighted by molar-refractivity contribution is 0.288. The van der Waals surface area contributed by atoms with E-state index < -0.39 is 11.6 Å². The predicted molar refractivity (Wildman–Crippen MR) is 64.1 cm³/mol. The van der Waals surface area contributed by atoms with E-state index in [1.54, 1.807) is 0 Å². The van der Waals surface area contributed by atoms with Gasteiger partial charge in [-0.25, -0.2) is 8.78 Å². The van der Waals surface area contributed by atoms with Crippen molar-refractivity contribution >= 4 is 27.5 Å². The SMILES string of the molecule is Fc1cc(F)c(OCCCCCCl)c(Br)c1. The first-order valence-corrected chi connectivity index (χ1v) is 6.31. The van der Waals surface area contributed by atoms with Crippen molar-refractivity contribution in [1.82, 2.24) is 0 Å². The molecule has 16 heavy (non-hydrogen) atoms. The van der Waals surface area contributed by atoms with Crippen LogP contribution >= 0.6 is 27.5 Å². The summed E-state index contributed by atoms with van der Waals surface area (Å²) >= 11 is 8.57. The van der Waals surface area contributed by atoms with Crippen LogP contribution in [-0.2, 0) is 0 Å². The van der Waals surface area contributed by atoms with E-state index in [2.05, 4.69) is 15.9 Å². The fourth-order valence-electron chi connectivity index (χ4n) is 1.21. The molecule has 0 aliphatic rings. The first kappa shape index (κ1) is 13.7. The normalized spacial score (nSPS) is 10.5. The number of rotatable bonds is 6. The zero-order chi connectivity index (χ0) is 12.0. The standard InChI is InChI=1S/C11H12BrClF2O/c12-9-6-8(14)7-10(15)11(9)16-5-3-1-2-4-13/h6-7H,1-5H2. The molecule has 0 N–H and O–H groups in total. The van der Waals surface area contributed by atoms with Gasteiger partial charge in [-0.3, -0.25) is 0 Å². The number of benzene rings is 1. The summed E-state index contributed by atoms with van der Waals surface area (Å²) in [7, 11) is 0. The Kier molecular flexibility index (Phi) is 6.06. The Bertz CT molecular complexity index is 324. The average Bonchev–Trinajstić information content (AvgIpc) is 2.20. The fourth-order valence-corrected chi connectivity index (χ4v) is 1.93. The van der Waals surface area contributed by atoms with Gasteiger partial charge in [-0.2, -0.15) is 0 Å². The second kappa shape index (κ2) is 7.07. The van der Waals surface area contributed by atoms with E-state index in [-0.39, 0.29) is 5.75 Å². The van der Waals surface area contributed by atoms with Gasteiger partial charge in [0.15, 0.2) is 11.6 Å². The van der Waals surface area contributed by atoms with Crippen LogP contribution in [0.4, 0.5) is 8.78 Å². The van der Waals surface area contributed by atoms with Gasteiger partial charge in [0.2, 0.25) is 0 Å². The molecule has 0 heterocycles. The lowest BCUT2D eigenvalue weighted by Crippen LogP contribution is -2.00. The molecule has 0 unspecified atom stereocenters. The molecular formula is C11H12BrClF2O. The highest BCUT2D eigenvalue weighted by molar-refractivity contribution is 9.10. The van der Waals surface area contributed by atoms with E-state index in [0.29, 0.717) is 17.0 Å². The molecule has 0 spiro atoms. The van der Waals surface area contributed by atoms with Gasteiger partial charge in [-0.05, 0) is 41.3 Å². The summed E-state index contributed by atoms with van der Waals surface area (Å²) < 4.78 is 31.6. The molecule has 0 aliphatic carbocycles. The molecule has 1 aromatic rings. The molecule has 0 atom stereocenters. The van der Waals surface area contributed by atoms with Gasteiger partial charge in [0.05, 0.1) is 11.1 Å². The smallest absolute Gasteiger partial charge is 0.169 e. The number of hydrogen-bond donors (Lipinski definition) is 0. The zero-order valence-corrected chi connectivity index (χ0v) is 11.0. The molecule has 0 saturated carbocycles. The van der Waals surface area contributed by atoms with E-state index in [9.17, 15) is 8.78 Å². The van der Waals surface area contributed by atoms with Gasteiger partial charge >= 0.3 is 0 Å². The van der Waals surface area contributed by atoms with E-state index in [0.717, 1.165) is 25.3 Å². The molecule has 0 aliphatic heterocycles. The molecule has 0 fully saturated rings. The van der Waals surface area contributed by atoms with Crippen molar-refractivity contribution in [1.29, 1.82) is 0 Å². The second-order valence-corrected chi connectivity index (χ2v) is 4.53. The van der Waals surface area contributed by atoms with Gasteiger partial charge in [-0.15, -0.1) is 11.6 Å². The third-order valence-corrected chi connectivity index (χ3v) is 2.84. The minimum Gasteiger partial charge on any atom is -0.489 e. The third kappa shape index (κ3) is 4.26. The first-order valence-electron chi connectivity index (χ1n) is 4.98. The van der Waals surface area contributed by atoms with Crippen LogP contribution in [0.1, 0.15) is 19.3 Å². The summed E-state index contributed by atoms with van der Waals surface area (Å²) in [6, 6.07) is 1.98. The minimum absolute atomic E-state index is 0.0623. The van der Waals surface area contributed by atoms with Crippen molar-refractivity contribution in [2.24, 2.45) is 0 Å². The Morgan fingerprint density at radius 1 is 1.19 bits per heavy atom. The molecular weight excluding hydrogens is 301 g/mol. The van der Waals surface area contributed by atoms with Gasteiger partial charge in [0.1, 0.15) is 5.82 Å². The summed E-state index contributed by atoms with van der Waals surface area (Å²) in [6.45, 7) is 0.401. The first-order chi connectivity index (χ1) is 7.65. The van der Waals surface area contributed by atoms with Crippen molar-refractivity contribution in [3.8, 4) is 5.75 Å². The highest BCUT2D eigenvalue weighted by Gasteiger charge is 2.10. The summed E-state index contributed by atoms with van der Waals surface area (Å²) in [6.07, 6.45) is 2.65. The molecule has 5 heteroatoms. The summed E-state index contributed by atoms with van der Waals surface area (Å²) in [5.41, 5.74) is 0. The number of unbranched alkanes of at least 4 members (excludes halogenated alkanes) is 2. The molecule has 1 aromatic carbocycles. The molecule has 0 amide bonds. The molecule has 1 nitrogen and oxygen atoms in total. The molecule has 90 valence electrons. The van der Waals surface area contributed by atoms with Crippen LogP contribution < -0.4 is 4.74 Å². The lowest BCUT2D eigenvalue weighted by Gasteiger charge is -2.09. The van der Waals surface area contributed by atoms with Crippen LogP contribution in [0.25, 0.3) is 0 Å². The monoisotopic (exact) mass is 312 g/mol. The summed E-state index contributed by atoms with van der Waals surface area (Å²) in [4.78, 5) is 0. The third-order valence-electron chi connectivity index (χ3n) is 1.99. The van der Waals surface area contributed by atoms with Crippen molar-refractivity contribution in [2.75, 3.05) is 12.5 Å². The van der Waals surface area contributed by atoms with Gasteiger partial charge in [-0.1, -0.05) is 0 Å². The molecule has 0 aromatic heterocycles. The number of hydrogen-bond acceptors (Lipinski definition) is 1. The topological polar surface area (TPSA) is 9.23 Å². The predicted octanol–water partition coefficient (Wildman–Crippen LogP) is 4.52. The van der Waals surface area contributed by atoms with E-state index in [1.807, 2.05) is 0 Å². The highest BCUT2D eigenvalue weighted by Crippen LogP contribution is 2.29. The van der Waals surface area contributed by atoms with Crippen molar-refractivity contribution in [3.63, 3.8) is 0 Å². The van der Waals surface area contributed by atoms with E-state index in [4.69, 9.17) is 16.3 Å². The fraction of sp³-hybridized carbons (Fsp3) is 0.455. The number of halogens is 4. The Labute approximate surface area is 107 Å². The lowest BCUT2D eigenvalue weighted by atomic mass is 10.2. The van der Waals surface area contributed by atoms with E-state index >= 15 is 0 Å². The average molecular weight is 314 g/mol. The summed E-state index contributed by atoms with van der Waals surface area (Å²) in [5, 5.41) is 0. The number of alkyl halides is 1. The van der Waals surface area contributed by atoms with Crippen molar-refractivity contribution in [2.45, 2.75) is 19.3 Å². The van der Waals surface area contributed by atoms with Crippen molar-refractivity contribution < 1.29 is 13.5 Å². The Morgan fingerprint density at radius 2 is 1.94 bits per heavy atom. The Hall–Kier alpha value is -0.350. The Morgan fingerprint density at radius 3 is 2.56 bits per heavy atom. The largest absolute Gasteiger partial charge is 0.489 e. The van der Waals surface area contributed by atoms with Gasteiger partial charge in [0.25, 0.3) is 0 Å². The molecule has 0 radical (unpaired) electrons. The van der Waals surface area contributed by atoms with Crippen LogP contribution in [0.3, 0.4) is 0 Å².